The number of rotatable bonds is 7. The molecule has 198 valence electrons. The number of carbonyl (C=O) groups excluding carboxylic acids is 2. The van der Waals surface area contributed by atoms with Gasteiger partial charge in [0, 0.05) is 30.8 Å². The maximum atomic E-state index is 12.8. The van der Waals surface area contributed by atoms with Crippen molar-refractivity contribution in [3.05, 3.63) is 35.9 Å². The summed E-state index contributed by atoms with van der Waals surface area (Å²) in [4.78, 5) is 26.7. The molecular weight excluding hydrogens is 470 g/mol. The second-order valence-corrected chi connectivity index (χ2v) is 10.3. The number of methoxy groups -OCH3 is 2. The number of aromatic nitrogens is 2. The summed E-state index contributed by atoms with van der Waals surface area (Å²) in [6.45, 7) is 5.73. The first-order chi connectivity index (χ1) is 18.0. The van der Waals surface area contributed by atoms with E-state index >= 15 is 0 Å². The van der Waals surface area contributed by atoms with Crippen molar-refractivity contribution >= 4 is 17.6 Å². The third-order valence-corrected chi connectivity index (χ3v) is 8.35. The Morgan fingerprint density at radius 2 is 1.73 bits per heavy atom. The van der Waals surface area contributed by atoms with Crippen molar-refractivity contribution in [2.24, 2.45) is 11.7 Å². The maximum absolute atomic E-state index is 12.8. The van der Waals surface area contributed by atoms with Crippen LogP contribution in [0.3, 0.4) is 0 Å². The molecule has 2 aromatic rings. The summed E-state index contributed by atoms with van der Waals surface area (Å²) in [5, 5.41) is 8.37. The fourth-order valence-corrected chi connectivity index (χ4v) is 6.50. The summed E-state index contributed by atoms with van der Waals surface area (Å²) in [6, 6.07) is 4.04. The molecule has 9 heteroatoms. The Hall–Kier alpha value is -3.49. The normalized spacial score (nSPS) is 20.3. The molecule has 1 aromatic carbocycles. The molecular formula is C28H37N5O4. The second-order valence-electron chi connectivity index (χ2n) is 10.3. The molecule has 3 aliphatic rings. The average Bonchev–Trinajstić information content (AvgIpc) is 3.60. The predicted molar refractivity (Wildman–Crippen MR) is 142 cm³/mol. The summed E-state index contributed by atoms with van der Waals surface area (Å²) in [7, 11) is 3.34. The lowest BCUT2D eigenvalue weighted by Gasteiger charge is -2.38. The lowest BCUT2D eigenvalue weighted by atomic mass is 9.87. The van der Waals surface area contributed by atoms with E-state index in [0.717, 1.165) is 61.3 Å². The van der Waals surface area contributed by atoms with Gasteiger partial charge in [0.15, 0.2) is 0 Å². The van der Waals surface area contributed by atoms with Gasteiger partial charge in [-0.05, 0) is 62.1 Å². The first kappa shape index (κ1) is 25.2. The monoisotopic (exact) mass is 507 g/mol. The third-order valence-electron chi connectivity index (χ3n) is 8.35. The van der Waals surface area contributed by atoms with Crippen molar-refractivity contribution in [3.63, 3.8) is 0 Å². The van der Waals surface area contributed by atoms with Crippen LogP contribution in [-0.4, -0.2) is 60.3 Å². The smallest absolute Gasteiger partial charge is 0.254 e. The van der Waals surface area contributed by atoms with Crippen LogP contribution in [-0.2, 0) is 4.79 Å². The number of hydrogen-bond donors (Lipinski definition) is 2. The molecule has 0 bridgehead atoms. The molecule has 2 fully saturated rings. The van der Waals surface area contributed by atoms with E-state index in [9.17, 15) is 9.59 Å². The number of nitrogens with zero attached hydrogens (tertiary/aromatic N) is 3. The highest BCUT2D eigenvalue weighted by Gasteiger charge is 2.36. The van der Waals surface area contributed by atoms with Gasteiger partial charge in [-0.3, -0.25) is 9.59 Å². The molecule has 1 saturated carbocycles. The molecule has 1 unspecified atom stereocenters. The number of hydrogen-bond acceptors (Lipinski definition) is 6. The van der Waals surface area contributed by atoms with Crippen LogP contribution in [0.15, 0.2) is 24.8 Å². The first-order valence-corrected chi connectivity index (χ1v) is 13.3. The van der Waals surface area contributed by atoms with Gasteiger partial charge in [-0.1, -0.05) is 19.4 Å². The number of carbonyl (C=O) groups is 2. The van der Waals surface area contributed by atoms with Crippen molar-refractivity contribution in [1.29, 1.82) is 0 Å². The highest BCUT2D eigenvalue weighted by molar-refractivity contribution is 6.04. The lowest BCUT2D eigenvalue weighted by molar-refractivity contribution is -0.127. The van der Waals surface area contributed by atoms with Gasteiger partial charge in [0.25, 0.3) is 5.91 Å². The molecule has 2 aliphatic heterocycles. The van der Waals surface area contributed by atoms with E-state index in [1.54, 1.807) is 14.2 Å². The summed E-state index contributed by atoms with van der Waals surface area (Å²) in [6.07, 6.45) is 8.64. The van der Waals surface area contributed by atoms with E-state index in [0.29, 0.717) is 42.0 Å². The predicted octanol–water partition coefficient (Wildman–Crippen LogP) is 4.11. The molecule has 5 rings (SSSR count). The standard InChI is InChI=1S/C28H37N5O4/c1-4-23(34)32-13-10-17(11-14-32)20-9-12-30-28-25(27(29)35)26(31-33(20)28)19-15-21(36-2)24(22(16-19)37-3)18-7-5-6-8-18/h4,15-18,20,30H,1,5-14H2,2-3H3,(H2,29,35). The Labute approximate surface area is 218 Å². The van der Waals surface area contributed by atoms with Gasteiger partial charge in [0.05, 0.1) is 20.3 Å². The molecule has 3 heterocycles. The van der Waals surface area contributed by atoms with Crippen molar-refractivity contribution in [2.45, 2.75) is 56.9 Å². The van der Waals surface area contributed by atoms with Gasteiger partial charge in [-0.15, -0.1) is 0 Å². The molecule has 37 heavy (non-hydrogen) atoms. The number of benzene rings is 1. The highest BCUT2D eigenvalue weighted by Crippen LogP contribution is 2.47. The SMILES string of the molecule is C=CC(=O)N1CCC(C2CCNc3c(C(N)=O)c(-c4cc(OC)c(C5CCCC5)c(OC)c4)nn32)CC1. The largest absolute Gasteiger partial charge is 0.496 e. The zero-order valence-corrected chi connectivity index (χ0v) is 21.8. The fraction of sp³-hybridized carbons (Fsp3) is 0.536. The number of piperidine rings is 1. The van der Waals surface area contributed by atoms with E-state index in [-0.39, 0.29) is 11.9 Å². The van der Waals surface area contributed by atoms with Gasteiger partial charge >= 0.3 is 0 Å². The zero-order chi connectivity index (χ0) is 26.1. The minimum absolute atomic E-state index is 0.0224. The fourth-order valence-electron chi connectivity index (χ4n) is 6.50. The summed E-state index contributed by atoms with van der Waals surface area (Å²) in [5.74, 6) is 2.38. The molecule has 1 atom stereocenters. The van der Waals surface area contributed by atoms with Crippen molar-refractivity contribution in [3.8, 4) is 22.8 Å². The number of nitrogens with two attached hydrogens (primary N) is 1. The summed E-state index contributed by atoms with van der Waals surface area (Å²) >= 11 is 0. The average molecular weight is 508 g/mol. The number of amides is 2. The van der Waals surface area contributed by atoms with Gasteiger partial charge in [0.1, 0.15) is 28.6 Å². The number of nitrogens with one attached hydrogen (secondary N) is 1. The van der Waals surface area contributed by atoms with Crippen LogP contribution in [0, 0.1) is 5.92 Å². The number of primary amides is 1. The van der Waals surface area contributed by atoms with Crippen LogP contribution in [0.2, 0.25) is 0 Å². The van der Waals surface area contributed by atoms with E-state index < -0.39 is 5.91 Å². The number of ether oxygens (including phenoxy) is 2. The van der Waals surface area contributed by atoms with Crippen molar-refractivity contribution < 1.29 is 19.1 Å². The molecule has 2 amide bonds. The Morgan fingerprint density at radius 1 is 1.08 bits per heavy atom. The Balaban J connectivity index is 1.53. The third kappa shape index (κ3) is 4.55. The molecule has 3 N–H and O–H groups in total. The number of anilines is 1. The van der Waals surface area contributed by atoms with Gasteiger partial charge in [-0.25, -0.2) is 4.68 Å². The van der Waals surface area contributed by atoms with Gasteiger partial charge < -0.3 is 25.4 Å². The molecule has 1 saturated heterocycles. The first-order valence-electron chi connectivity index (χ1n) is 13.3. The van der Waals surface area contributed by atoms with Crippen molar-refractivity contribution in [1.82, 2.24) is 14.7 Å². The molecule has 1 aromatic heterocycles. The van der Waals surface area contributed by atoms with Crippen LogP contribution in [0.25, 0.3) is 11.3 Å². The highest BCUT2D eigenvalue weighted by atomic mass is 16.5. The number of likely N-dealkylation sites (tertiary alicyclic amines) is 1. The molecule has 0 radical (unpaired) electrons. The Bertz CT molecular complexity index is 1170. The second kappa shape index (κ2) is 10.5. The minimum Gasteiger partial charge on any atom is -0.496 e. The van der Waals surface area contributed by atoms with Crippen LogP contribution in [0.4, 0.5) is 5.82 Å². The molecule has 0 spiro atoms. The van der Waals surface area contributed by atoms with Gasteiger partial charge in [-0.2, -0.15) is 5.10 Å². The van der Waals surface area contributed by atoms with E-state index in [2.05, 4.69) is 11.9 Å². The maximum Gasteiger partial charge on any atom is 0.254 e. The number of fused-ring (bicyclic) bond motifs is 1. The van der Waals surface area contributed by atoms with Crippen LogP contribution in [0.1, 0.15) is 72.8 Å². The van der Waals surface area contributed by atoms with E-state index in [4.69, 9.17) is 20.3 Å². The quantitative estimate of drug-likeness (QED) is 0.546. The lowest BCUT2D eigenvalue weighted by Crippen LogP contribution is -2.41. The Morgan fingerprint density at radius 3 is 2.30 bits per heavy atom. The van der Waals surface area contributed by atoms with E-state index in [1.165, 1.54) is 18.9 Å². The van der Waals surface area contributed by atoms with E-state index in [1.807, 2.05) is 21.7 Å². The van der Waals surface area contributed by atoms with Crippen LogP contribution < -0.4 is 20.5 Å². The minimum atomic E-state index is -0.520. The van der Waals surface area contributed by atoms with Crippen molar-refractivity contribution in [2.75, 3.05) is 39.2 Å². The van der Waals surface area contributed by atoms with Gasteiger partial charge in [0.2, 0.25) is 5.91 Å². The summed E-state index contributed by atoms with van der Waals surface area (Å²) < 4.78 is 13.6. The zero-order valence-electron chi connectivity index (χ0n) is 21.8. The summed E-state index contributed by atoms with van der Waals surface area (Å²) in [5.41, 5.74) is 8.70. The van der Waals surface area contributed by atoms with Crippen LogP contribution >= 0.6 is 0 Å². The molecule has 1 aliphatic carbocycles. The van der Waals surface area contributed by atoms with Crippen LogP contribution in [0.5, 0.6) is 11.5 Å². The topological polar surface area (TPSA) is 112 Å². The Kier molecular flexibility index (Phi) is 7.13. The molecule has 9 nitrogen and oxygen atoms in total.